The average molecular weight is 345 g/mol. The molecule has 0 heterocycles. The number of rotatable bonds is 6. The molecule has 1 aliphatic rings. The van der Waals surface area contributed by atoms with Crippen molar-refractivity contribution in [1.29, 1.82) is 0 Å². The van der Waals surface area contributed by atoms with Crippen molar-refractivity contribution in [2.75, 3.05) is 20.2 Å². The van der Waals surface area contributed by atoms with E-state index >= 15 is 0 Å². The van der Waals surface area contributed by atoms with E-state index in [1.807, 2.05) is 0 Å². The van der Waals surface area contributed by atoms with E-state index in [0.29, 0.717) is 24.9 Å². The molecule has 0 aromatic heterocycles. The molecule has 1 amide bonds. The molecule has 0 radical (unpaired) electrons. The molecule has 4 nitrogen and oxygen atoms in total. The van der Waals surface area contributed by atoms with Crippen LogP contribution in [0, 0.1) is 5.82 Å². The Morgan fingerprint density at radius 1 is 1.22 bits per heavy atom. The molecule has 1 saturated carbocycles. The van der Waals surface area contributed by atoms with Gasteiger partial charge in [0.1, 0.15) is 11.6 Å². The van der Waals surface area contributed by atoms with E-state index < -0.39 is 5.82 Å². The fraction of sp³-hybridized carbons (Fsp3) is 0.588. The summed E-state index contributed by atoms with van der Waals surface area (Å²) in [5.41, 5.74) is 0.0512. The zero-order valence-corrected chi connectivity index (χ0v) is 14.4. The summed E-state index contributed by atoms with van der Waals surface area (Å²) in [4.78, 5) is 12.0. The van der Waals surface area contributed by atoms with Crippen LogP contribution in [-0.2, 0) is 0 Å². The van der Waals surface area contributed by atoms with Gasteiger partial charge >= 0.3 is 0 Å². The third kappa shape index (κ3) is 6.36. The molecule has 1 aliphatic carbocycles. The van der Waals surface area contributed by atoms with E-state index in [2.05, 4.69) is 10.6 Å². The molecule has 1 aromatic rings. The fourth-order valence-corrected chi connectivity index (χ4v) is 2.84. The molecule has 130 valence electrons. The van der Waals surface area contributed by atoms with Gasteiger partial charge in [0.25, 0.3) is 5.91 Å². The van der Waals surface area contributed by atoms with Crippen LogP contribution >= 0.6 is 12.4 Å². The molecule has 1 fully saturated rings. The van der Waals surface area contributed by atoms with Gasteiger partial charge in [-0.2, -0.15) is 0 Å². The Kier molecular flexibility index (Phi) is 8.95. The minimum absolute atomic E-state index is 0. The highest BCUT2D eigenvalue weighted by Gasteiger charge is 2.13. The zero-order valence-electron chi connectivity index (χ0n) is 13.6. The minimum Gasteiger partial charge on any atom is -0.497 e. The number of methoxy groups -OCH3 is 1. The summed E-state index contributed by atoms with van der Waals surface area (Å²) in [6.07, 6.45) is 7.63. The minimum atomic E-state index is -0.562. The standard InChI is InChI=1S/C17H25FN2O2.ClH/c1-22-14-8-9-15(16(18)12-14)17(21)20-11-10-19-13-6-4-2-3-5-7-13;/h8-9,12-13,19H,2-7,10-11H2,1H3,(H,20,21);1H. The Bertz CT molecular complexity index is 491. The normalized spacial score (nSPS) is 15.4. The van der Waals surface area contributed by atoms with Crippen LogP contribution in [0.1, 0.15) is 48.9 Å². The molecule has 0 unspecified atom stereocenters. The van der Waals surface area contributed by atoms with Crippen molar-refractivity contribution in [3.05, 3.63) is 29.6 Å². The third-order valence-corrected chi connectivity index (χ3v) is 4.12. The maximum atomic E-state index is 13.8. The smallest absolute Gasteiger partial charge is 0.254 e. The molecule has 0 aliphatic heterocycles. The van der Waals surface area contributed by atoms with E-state index in [1.165, 1.54) is 57.8 Å². The molecule has 0 saturated heterocycles. The lowest BCUT2D eigenvalue weighted by Gasteiger charge is -2.16. The predicted molar refractivity (Wildman–Crippen MR) is 92.0 cm³/mol. The van der Waals surface area contributed by atoms with Crippen molar-refractivity contribution in [2.24, 2.45) is 0 Å². The summed E-state index contributed by atoms with van der Waals surface area (Å²) < 4.78 is 18.7. The van der Waals surface area contributed by atoms with Crippen LogP contribution in [0.5, 0.6) is 5.75 Å². The molecule has 0 spiro atoms. The Balaban J connectivity index is 0.00000264. The quantitative estimate of drug-likeness (QED) is 0.615. The molecule has 6 heteroatoms. The van der Waals surface area contributed by atoms with Gasteiger partial charge < -0.3 is 15.4 Å². The van der Waals surface area contributed by atoms with E-state index in [0.717, 1.165) is 0 Å². The zero-order chi connectivity index (χ0) is 15.8. The van der Waals surface area contributed by atoms with Crippen LogP contribution in [-0.4, -0.2) is 32.1 Å². The van der Waals surface area contributed by atoms with Gasteiger partial charge in [0.2, 0.25) is 0 Å². The van der Waals surface area contributed by atoms with Gasteiger partial charge in [0.15, 0.2) is 0 Å². The largest absolute Gasteiger partial charge is 0.497 e. The molecule has 1 aromatic carbocycles. The third-order valence-electron chi connectivity index (χ3n) is 4.12. The average Bonchev–Trinajstić information content (AvgIpc) is 2.80. The van der Waals surface area contributed by atoms with Gasteiger partial charge in [-0.3, -0.25) is 4.79 Å². The van der Waals surface area contributed by atoms with Crippen molar-refractivity contribution in [3.8, 4) is 5.75 Å². The number of nitrogens with one attached hydrogen (secondary N) is 2. The highest BCUT2D eigenvalue weighted by molar-refractivity contribution is 5.94. The first kappa shape index (κ1) is 19.7. The Labute approximate surface area is 143 Å². The van der Waals surface area contributed by atoms with Crippen LogP contribution < -0.4 is 15.4 Å². The number of hydrogen-bond acceptors (Lipinski definition) is 3. The summed E-state index contributed by atoms with van der Waals surface area (Å²) in [5, 5.41) is 6.22. The molecule has 0 atom stereocenters. The highest BCUT2D eigenvalue weighted by atomic mass is 35.5. The van der Waals surface area contributed by atoms with E-state index in [9.17, 15) is 9.18 Å². The second kappa shape index (κ2) is 10.4. The van der Waals surface area contributed by atoms with Crippen molar-refractivity contribution in [3.63, 3.8) is 0 Å². The first-order chi connectivity index (χ1) is 10.7. The number of halogens is 2. The van der Waals surface area contributed by atoms with Gasteiger partial charge in [-0.05, 0) is 25.0 Å². The van der Waals surface area contributed by atoms with E-state index in [4.69, 9.17) is 4.74 Å². The van der Waals surface area contributed by atoms with Gasteiger partial charge in [0, 0.05) is 25.2 Å². The Hall–Kier alpha value is -1.33. The van der Waals surface area contributed by atoms with Crippen LogP contribution in [0.25, 0.3) is 0 Å². The maximum Gasteiger partial charge on any atom is 0.254 e. The van der Waals surface area contributed by atoms with Crippen LogP contribution in [0.3, 0.4) is 0 Å². The second-order valence-corrected chi connectivity index (χ2v) is 5.74. The monoisotopic (exact) mass is 344 g/mol. The van der Waals surface area contributed by atoms with Gasteiger partial charge in [0.05, 0.1) is 12.7 Å². The van der Waals surface area contributed by atoms with Crippen LogP contribution in [0.2, 0.25) is 0 Å². The van der Waals surface area contributed by atoms with Gasteiger partial charge in [-0.1, -0.05) is 25.7 Å². The molecule has 0 bridgehead atoms. The molecule has 2 N–H and O–H groups in total. The van der Waals surface area contributed by atoms with Crippen LogP contribution in [0.4, 0.5) is 4.39 Å². The summed E-state index contributed by atoms with van der Waals surface area (Å²) >= 11 is 0. The number of hydrogen-bond donors (Lipinski definition) is 2. The Morgan fingerprint density at radius 3 is 2.52 bits per heavy atom. The summed E-state index contributed by atoms with van der Waals surface area (Å²) in [7, 11) is 1.47. The highest BCUT2D eigenvalue weighted by Crippen LogP contribution is 2.17. The fourth-order valence-electron chi connectivity index (χ4n) is 2.84. The molecular weight excluding hydrogens is 319 g/mol. The van der Waals surface area contributed by atoms with E-state index in [1.54, 1.807) is 6.07 Å². The second-order valence-electron chi connectivity index (χ2n) is 5.74. The van der Waals surface area contributed by atoms with Crippen molar-refractivity contribution >= 4 is 18.3 Å². The first-order valence-electron chi connectivity index (χ1n) is 8.06. The summed E-state index contributed by atoms with van der Waals surface area (Å²) in [6, 6.07) is 4.81. The topological polar surface area (TPSA) is 50.4 Å². The lowest BCUT2D eigenvalue weighted by atomic mass is 10.1. The lowest BCUT2D eigenvalue weighted by Crippen LogP contribution is -2.37. The predicted octanol–water partition coefficient (Wildman–Crippen LogP) is 3.30. The molecular formula is C17H26ClFN2O2. The van der Waals surface area contributed by atoms with Gasteiger partial charge in [-0.15, -0.1) is 12.4 Å². The van der Waals surface area contributed by atoms with Crippen molar-refractivity contribution < 1.29 is 13.9 Å². The number of carbonyl (C=O) groups is 1. The summed E-state index contributed by atoms with van der Waals surface area (Å²) in [6.45, 7) is 1.22. The van der Waals surface area contributed by atoms with Crippen molar-refractivity contribution in [2.45, 2.75) is 44.6 Å². The Morgan fingerprint density at radius 2 is 1.91 bits per heavy atom. The number of ether oxygens (including phenoxy) is 1. The number of carbonyl (C=O) groups excluding carboxylic acids is 1. The number of benzene rings is 1. The summed E-state index contributed by atoms with van der Waals surface area (Å²) in [5.74, 6) is -0.541. The van der Waals surface area contributed by atoms with Crippen molar-refractivity contribution in [1.82, 2.24) is 10.6 Å². The first-order valence-corrected chi connectivity index (χ1v) is 8.06. The van der Waals surface area contributed by atoms with E-state index in [-0.39, 0.29) is 23.9 Å². The SMILES string of the molecule is COc1ccc(C(=O)NCCNC2CCCCCC2)c(F)c1.Cl. The molecule has 2 rings (SSSR count). The maximum absolute atomic E-state index is 13.8. The van der Waals surface area contributed by atoms with Gasteiger partial charge in [-0.25, -0.2) is 4.39 Å². The van der Waals surface area contributed by atoms with Crippen LogP contribution in [0.15, 0.2) is 18.2 Å². The lowest BCUT2D eigenvalue weighted by molar-refractivity contribution is 0.0949. The molecule has 23 heavy (non-hydrogen) atoms. The number of amides is 1.